The first-order valence-electron chi connectivity index (χ1n) is 5.40. The Balaban J connectivity index is 2.37. The van der Waals surface area contributed by atoms with Crippen LogP contribution >= 0.6 is 11.6 Å². The van der Waals surface area contributed by atoms with Crippen LogP contribution in [0.4, 0.5) is 4.79 Å². The lowest BCUT2D eigenvalue weighted by molar-refractivity contribution is 0.237. The molecule has 0 aromatic heterocycles. The average molecular weight is 241 g/mol. The highest BCUT2D eigenvalue weighted by molar-refractivity contribution is 6.30. The molecule has 1 aromatic carbocycles. The molecule has 16 heavy (non-hydrogen) atoms. The smallest absolute Gasteiger partial charge is 0.315 e. The number of rotatable bonds is 4. The topological polar surface area (TPSA) is 41.1 Å². The summed E-state index contributed by atoms with van der Waals surface area (Å²) in [7, 11) is 0. The van der Waals surface area contributed by atoms with Crippen LogP contribution < -0.4 is 10.6 Å². The van der Waals surface area contributed by atoms with E-state index in [9.17, 15) is 4.79 Å². The third-order valence-electron chi connectivity index (χ3n) is 2.33. The molecule has 0 radical (unpaired) electrons. The van der Waals surface area contributed by atoms with Gasteiger partial charge in [0.05, 0.1) is 0 Å². The Bertz CT molecular complexity index is 355. The van der Waals surface area contributed by atoms with Crippen LogP contribution in [0.3, 0.4) is 0 Å². The molecule has 0 bridgehead atoms. The Morgan fingerprint density at radius 2 is 2.25 bits per heavy atom. The van der Waals surface area contributed by atoms with Crippen molar-refractivity contribution in [3.63, 3.8) is 0 Å². The monoisotopic (exact) mass is 240 g/mol. The number of urea groups is 1. The molecule has 0 saturated heterocycles. The molecule has 1 atom stereocenters. The van der Waals surface area contributed by atoms with E-state index in [-0.39, 0.29) is 12.1 Å². The Kier molecular flexibility index (Phi) is 5.12. The van der Waals surface area contributed by atoms with Crippen LogP contribution in [0.1, 0.15) is 25.8 Å². The van der Waals surface area contributed by atoms with E-state index in [0.29, 0.717) is 11.6 Å². The fourth-order valence-corrected chi connectivity index (χ4v) is 1.42. The first kappa shape index (κ1) is 12.8. The Hall–Kier alpha value is -1.22. The van der Waals surface area contributed by atoms with E-state index in [2.05, 4.69) is 10.6 Å². The number of hydrogen-bond acceptors (Lipinski definition) is 1. The summed E-state index contributed by atoms with van der Waals surface area (Å²) >= 11 is 5.84. The molecule has 0 heterocycles. The van der Waals surface area contributed by atoms with Gasteiger partial charge in [0.2, 0.25) is 0 Å². The Morgan fingerprint density at radius 1 is 1.50 bits per heavy atom. The van der Waals surface area contributed by atoms with Gasteiger partial charge in [-0.3, -0.25) is 0 Å². The van der Waals surface area contributed by atoms with Gasteiger partial charge >= 0.3 is 6.03 Å². The van der Waals surface area contributed by atoms with Gasteiger partial charge in [-0.2, -0.15) is 0 Å². The molecule has 0 aliphatic heterocycles. The third kappa shape index (κ3) is 4.53. The lowest BCUT2D eigenvalue weighted by Gasteiger charge is -2.12. The molecule has 0 unspecified atom stereocenters. The number of benzene rings is 1. The van der Waals surface area contributed by atoms with Crippen molar-refractivity contribution >= 4 is 17.6 Å². The minimum atomic E-state index is -0.144. The van der Waals surface area contributed by atoms with Crippen LogP contribution in [-0.4, -0.2) is 12.1 Å². The summed E-state index contributed by atoms with van der Waals surface area (Å²) in [4.78, 5) is 11.4. The highest BCUT2D eigenvalue weighted by atomic mass is 35.5. The maximum absolute atomic E-state index is 11.4. The lowest BCUT2D eigenvalue weighted by atomic mass is 10.2. The summed E-state index contributed by atoms with van der Waals surface area (Å²) in [6, 6.07) is 7.49. The van der Waals surface area contributed by atoms with Gasteiger partial charge in [0.25, 0.3) is 0 Å². The number of hydrogen-bond donors (Lipinski definition) is 2. The second kappa shape index (κ2) is 6.38. The second-order valence-electron chi connectivity index (χ2n) is 3.77. The first-order chi connectivity index (χ1) is 7.61. The van der Waals surface area contributed by atoms with Gasteiger partial charge in [-0.1, -0.05) is 30.7 Å². The summed E-state index contributed by atoms with van der Waals surface area (Å²) in [5.41, 5.74) is 0.992. The molecule has 2 amide bonds. The van der Waals surface area contributed by atoms with Crippen molar-refractivity contribution in [2.45, 2.75) is 32.9 Å². The molecule has 0 spiro atoms. The molecule has 2 N–H and O–H groups in total. The molecule has 1 aromatic rings. The number of carbonyl (C=O) groups is 1. The molecule has 4 heteroatoms. The van der Waals surface area contributed by atoms with E-state index in [1.807, 2.05) is 38.1 Å². The highest BCUT2D eigenvalue weighted by Gasteiger charge is 2.04. The van der Waals surface area contributed by atoms with Crippen LogP contribution in [0.25, 0.3) is 0 Å². The zero-order valence-electron chi connectivity index (χ0n) is 9.59. The summed E-state index contributed by atoms with van der Waals surface area (Å²) in [6.45, 7) is 4.49. The van der Waals surface area contributed by atoms with Crippen molar-refractivity contribution in [3.05, 3.63) is 34.9 Å². The first-order valence-corrected chi connectivity index (χ1v) is 5.78. The van der Waals surface area contributed by atoms with Gasteiger partial charge in [0.15, 0.2) is 0 Å². The van der Waals surface area contributed by atoms with Gasteiger partial charge in [-0.15, -0.1) is 0 Å². The lowest BCUT2D eigenvalue weighted by Crippen LogP contribution is -2.40. The van der Waals surface area contributed by atoms with E-state index in [0.717, 1.165) is 12.0 Å². The zero-order valence-corrected chi connectivity index (χ0v) is 10.3. The average Bonchev–Trinajstić information content (AvgIpc) is 2.26. The summed E-state index contributed by atoms with van der Waals surface area (Å²) in [5.74, 6) is 0. The molecule has 88 valence electrons. The van der Waals surface area contributed by atoms with Crippen molar-refractivity contribution < 1.29 is 4.79 Å². The summed E-state index contributed by atoms with van der Waals surface area (Å²) < 4.78 is 0. The summed E-state index contributed by atoms with van der Waals surface area (Å²) in [6.07, 6.45) is 0.921. The van der Waals surface area contributed by atoms with Crippen LogP contribution in [-0.2, 0) is 6.54 Å². The second-order valence-corrected chi connectivity index (χ2v) is 4.20. The zero-order chi connectivity index (χ0) is 12.0. The molecule has 0 saturated carbocycles. The summed E-state index contributed by atoms with van der Waals surface area (Å²) in [5, 5.41) is 6.30. The predicted molar refractivity (Wildman–Crippen MR) is 66.6 cm³/mol. The van der Waals surface area contributed by atoms with E-state index in [4.69, 9.17) is 11.6 Å². The fraction of sp³-hybridized carbons (Fsp3) is 0.417. The minimum Gasteiger partial charge on any atom is -0.336 e. The van der Waals surface area contributed by atoms with Gasteiger partial charge in [-0.25, -0.2) is 4.79 Å². The van der Waals surface area contributed by atoms with Crippen LogP contribution in [0, 0.1) is 0 Å². The van der Waals surface area contributed by atoms with E-state index < -0.39 is 0 Å². The molecule has 0 aliphatic carbocycles. The van der Waals surface area contributed by atoms with Gasteiger partial charge in [0, 0.05) is 17.6 Å². The quantitative estimate of drug-likeness (QED) is 0.835. The number of amides is 2. The maximum Gasteiger partial charge on any atom is 0.315 e. The van der Waals surface area contributed by atoms with Crippen molar-refractivity contribution in [3.8, 4) is 0 Å². The minimum absolute atomic E-state index is 0.144. The largest absolute Gasteiger partial charge is 0.336 e. The third-order valence-corrected chi connectivity index (χ3v) is 2.57. The highest BCUT2D eigenvalue weighted by Crippen LogP contribution is 2.10. The van der Waals surface area contributed by atoms with Crippen molar-refractivity contribution in [2.75, 3.05) is 0 Å². The van der Waals surface area contributed by atoms with Gasteiger partial charge < -0.3 is 10.6 Å². The SMILES string of the molecule is CC[C@@H](C)NC(=O)NCc1cccc(Cl)c1. The standard InChI is InChI=1S/C12H17ClN2O/c1-3-9(2)15-12(16)14-8-10-5-4-6-11(13)7-10/h4-7,9H,3,8H2,1-2H3,(H2,14,15,16)/t9-/m1/s1. The van der Waals surface area contributed by atoms with Crippen molar-refractivity contribution in [1.82, 2.24) is 10.6 Å². The molecule has 0 fully saturated rings. The van der Waals surface area contributed by atoms with Crippen LogP contribution in [0.2, 0.25) is 5.02 Å². The normalized spacial score (nSPS) is 11.9. The van der Waals surface area contributed by atoms with Gasteiger partial charge in [0.1, 0.15) is 0 Å². The maximum atomic E-state index is 11.4. The van der Waals surface area contributed by atoms with Gasteiger partial charge in [-0.05, 0) is 31.0 Å². The van der Waals surface area contributed by atoms with Crippen molar-refractivity contribution in [2.24, 2.45) is 0 Å². The molecule has 0 aliphatic rings. The Morgan fingerprint density at radius 3 is 2.88 bits per heavy atom. The van der Waals surface area contributed by atoms with Crippen LogP contribution in [0.15, 0.2) is 24.3 Å². The van der Waals surface area contributed by atoms with Crippen LogP contribution in [0.5, 0.6) is 0 Å². The Labute approximate surface area is 101 Å². The number of nitrogens with one attached hydrogen (secondary N) is 2. The predicted octanol–water partition coefficient (Wildman–Crippen LogP) is 2.94. The van der Waals surface area contributed by atoms with E-state index in [1.54, 1.807) is 0 Å². The number of halogens is 1. The molecule has 3 nitrogen and oxygen atoms in total. The molecular formula is C12H17ClN2O. The van der Waals surface area contributed by atoms with E-state index >= 15 is 0 Å². The fourth-order valence-electron chi connectivity index (χ4n) is 1.21. The van der Waals surface area contributed by atoms with Crippen molar-refractivity contribution in [1.29, 1.82) is 0 Å². The van der Waals surface area contributed by atoms with E-state index in [1.165, 1.54) is 0 Å². The molecule has 1 rings (SSSR count). The number of carbonyl (C=O) groups excluding carboxylic acids is 1. The molecular weight excluding hydrogens is 224 g/mol.